The zero-order valence-corrected chi connectivity index (χ0v) is 12.0. The smallest absolute Gasteiger partial charge is 0.262 e. The first-order valence-corrected chi connectivity index (χ1v) is 6.92. The van der Waals surface area contributed by atoms with Gasteiger partial charge >= 0.3 is 0 Å². The van der Waals surface area contributed by atoms with E-state index in [1.807, 2.05) is 32.2 Å². The molecule has 3 N–H and O–H groups in total. The van der Waals surface area contributed by atoms with Crippen LogP contribution in [0.1, 0.15) is 41.9 Å². The molecule has 0 unspecified atom stereocenters. The van der Waals surface area contributed by atoms with Gasteiger partial charge in [-0.15, -0.1) is 11.3 Å². The van der Waals surface area contributed by atoms with Crippen LogP contribution < -0.4 is 11.1 Å². The lowest BCUT2D eigenvalue weighted by Crippen LogP contribution is -2.55. The van der Waals surface area contributed by atoms with E-state index in [1.165, 1.54) is 11.3 Å². The molecule has 1 heterocycles. The van der Waals surface area contributed by atoms with Gasteiger partial charge in [-0.3, -0.25) is 4.79 Å². The summed E-state index contributed by atoms with van der Waals surface area (Å²) in [5.74, 6) is -0.0889. The number of carbonyl (C=O) groups is 1. The fourth-order valence-corrected chi connectivity index (χ4v) is 2.88. The van der Waals surface area contributed by atoms with E-state index in [0.29, 0.717) is 17.8 Å². The van der Waals surface area contributed by atoms with Gasteiger partial charge in [-0.1, -0.05) is 26.1 Å². The van der Waals surface area contributed by atoms with Crippen LogP contribution in [0.2, 0.25) is 0 Å². The first kappa shape index (κ1) is 14.1. The van der Waals surface area contributed by atoms with E-state index in [4.69, 9.17) is 18.0 Å². The third-order valence-electron chi connectivity index (χ3n) is 3.10. The Bertz CT molecular complexity index is 422. The maximum Gasteiger partial charge on any atom is 0.262 e. The summed E-state index contributed by atoms with van der Waals surface area (Å²) in [6, 6.07) is 1.93. The van der Waals surface area contributed by atoms with Gasteiger partial charge in [-0.25, -0.2) is 0 Å². The van der Waals surface area contributed by atoms with E-state index >= 15 is 0 Å². The van der Waals surface area contributed by atoms with Crippen LogP contribution in [0.15, 0.2) is 11.4 Å². The highest BCUT2D eigenvalue weighted by molar-refractivity contribution is 7.80. The van der Waals surface area contributed by atoms with Crippen molar-refractivity contribution in [3.63, 3.8) is 0 Å². The van der Waals surface area contributed by atoms with Crippen LogP contribution in [0.3, 0.4) is 0 Å². The molecule has 94 valence electrons. The molecule has 0 fully saturated rings. The van der Waals surface area contributed by atoms with E-state index < -0.39 is 5.54 Å². The molecule has 1 aromatic rings. The molecule has 0 aliphatic heterocycles. The minimum Gasteiger partial charge on any atom is -0.391 e. The number of carbonyl (C=O) groups excluding carboxylic acids is 1. The molecular weight excluding hydrogens is 252 g/mol. The summed E-state index contributed by atoms with van der Waals surface area (Å²) in [5.41, 5.74) is 6.17. The Morgan fingerprint density at radius 3 is 2.47 bits per heavy atom. The topological polar surface area (TPSA) is 55.1 Å². The van der Waals surface area contributed by atoms with Crippen molar-refractivity contribution in [2.75, 3.05) is 0 Å². The second kappa shape index (κ2) is 5.60. The van der Waals surface area contributed by atoms with Gasteiger partial charge in [0.15, 0.2) is 0 Å². The highest BCUT2D eigenvalue weighted by Crippen LogP contribution is 2.20. The fourth-order valence-electron chi connectivity index (χ4n) is 1.72. The van der Waals surface area contributed by atoms with Crippen molar-refractivity contribution in [2.45, 2.75) is 39.2 Å². The SMILES string of the molecule is CCC(CC)(NC(=O)c1sccc1C)C(N)=S. The van der Waals surface area contributed by atoms with Gasteiger partial charge in [0.25, 0.3) is 5.91 Å². The second-order valence-electron chi connectivity index (χ2n) is 4.04. The van der Waals surface area contributed by atoms with Crippen LogP contribution in [0.5, 0.6) is 0 Å². The van der Waals surface area contributed by atoms with Gasteiger partial charge in [-0.05, 0) is 36.8 Å². The predicted molar refractivity (Wildman–Crippen MR) is 76.6 cm³/mol. The molecule has 0 radical (unpaired) electrons. The van der Waals surface area contributed by atoms with Crippen LogP contribution >= 0.6 is 23.6 Å². The Morgan fingerprint density at radius 1 is 1.53 bits per heavy atom. The second-order valence-corrected chi connectivity index (χ2v) is 5.40. The van der Waals surface area contributed by atoms with Crippen LogP contribution in [-0.2, 0) is 0 Å². The number of amides is 1. The maximum atomic E-state index is 12.1. The molecule has 0 bridgehead atoms. The summed E-state index contributed by atoms with van der Waals surface area (Å²) >= 11 is 6.51. The molecule has 17 heavy (non-hydrogen) atoms. The number of nitrogens with one attached hydrogen (secondary N) is 1. The number of hydrogen-bond acceptors (Lipinski definition) is 3. The van der Waals surface area contributed by atoms with Crippen LogP contribution in [0.4, 0.5) is 0 Å². The lowest BCUT2D eigenvalue weighted by molar-refractivity contribution is 0.0923. The molecular formula is C12H18N2OS2. The summed E-state index contributed by atoms with van der Waals surface area (Å²) in [7, 11) is 0. The third kappa shape index (κ3) is 2.84. The van der Waals surface area contributed by atoms with Gasteiger partial charge in [-0.2, -0.15) is 0 Å². The summed E-state index contributed by atoms with van der Waals surface area (Å²) in [4.78, 5) is 13.2. The van der Waals surface area contributed by atoms with E-state index in [-0.39, 0.29) is 5.91 Å². The number of nitrogens with two attached hydrogens (primary N) is 1. The lowest BCUT2D eigenvalue weighted by atomic mass is 9.92. The molecule has 0 saturated heterocycles. The maximum absolute atomic E-state index is 12.1. The number of thiophene rings is 1. The summed E-state index contributed by atoms with van der Waals surface area (Å²) in [5, 5.41) is 4.89. The van der Waals surface area contributed by atoms with E-state index in [1.54, 1.807) is 0 Å². The minimum atomic E-state index is -0.567. The third-order valence-corrected chi connectivity index (χ3v) is 4.51. The quantitative estimate of drug-likeness (QED) is 0.809. The van der Waals surface area contributed by atoms with Crippen molar-refractivity contribution < 1.29 is 4.79 Å². The van der Waals surface area contributed by atoms with E-state index in [0.717, 1.165) is 10.4 Å². The van der Waals surface area contributed by atoms with Crippen molar-refractivity contribution in [3.05, 3.63) is 21.9 Å². The number of thiocarbonyl (C=S) groups is 1. The number of rotatable bonds is 5. The summed E-state index contributed by atoms with van der Waals surface area (Å²) in [6.45, 7) is 5.88. The van der Waals surface area contributed by atoms with E-state index in [2.05, 4.69) is 5.32 Å². The molecule has 0 spiro atoms. The van der Waals surface area contributed by atoms with Gasteiger partial charge in [0.05, 0.1) is 15.4 Å². The summed E-state index contributed by atoms with van der Waals surface area (Å²) < 4.78 is 0. The molecule has 0 aromatic carbocycles. The van der Waals surface area contributed by atoms with Crippen molar-refractivity contribution >= 4 is 34.5 Å². The van der Waals surface area contributed by atoms with Crippen LogP contribution in [0, 0.1) is 6.92 Å². The highest BCUT2D eigenvalue weighted by Gasteiger charge is 2.32. The first-order valence-electron chi connectivity index (χ1n) is 5.63. The average Bonchev–Trinajstić information content (AvgIpc) is 2.72. The van der Waals surface area contributed by atoms with Crippen LogP contribution in [-0.4, -0.2) is 16.4 Å². The Balaban J connectivity index is 2.93. The molecule has 5 heteroatoms. The minimum absolute atomic E-state index is 0.0889. The van der Waals surface area contributed by atoms with Gasteiger partial charge in [0, 0.05) is 0 Å². The average molecular weight is 270 g/mol. The molecule has 1 rings (SSSR count). The molecule has 1 amide bonds. The Hall–Kier alpha value is -0.940. The predicted octanol–water partition coefficient (Wildman–Crippen LogP) is 2.63. The molecule has 1 aromatic heterocycles. The van der Waals surface area contributed by atoms with Crippen molar-refractivity contribution in [1.29, 1.82) is 0 Å². The number of aryl methyl sites for hydroxylation is 1. The lowest BCUT2D eigenvalue weighted by Gasteiger charge is -2.31. The largest absolute Gasteiger partial charge is 0.391 e. The standard InChI is InChI=1S/C12H18N2OS2/c1-4-12(5-2,11(13)16)14-10(15)9-8(3)6-7-17-9/h6-7H,4-5H2,1-3H3,(H2,13,16)(H,14,15). The normalized spacial score (nSPS) is 11.2. The Morgan fingerprint density at radius 2 is 2.12 bits per heavy atom. The van der Waals surface area contributed by atoms with Crippen molar-refractivity contribution in [3.8, 4) is 0 Å². The highest BCUT2D eigenvalue weighted by atomic mass is 32.1. The molecule has 3 nitrogen and oxygen atoms in total. The zero-order valence-electron chi connectivity index (χ0n) is 10.4. The molecule has 0 aliphatic rings. The number of hydrogen-bond donors (Lipinski definition) is 2. The molecule has 0 atom stereocenters. The van der Waals surface area contributed by atoms with Crippen molar-refractivity contribution in [1.82, 2.24) is 5.32 Å². The van der Waals surface area contributed by atoms with E-state index in [9.17, 15) is 4.79 Å². The fraction of sp³-hybridized carbons (Fsp3) is 0.500. The van der Waals surface area contributed by atoms with Gasteiger partial charge in [0.1, 0.15) is 0 Å². The zero-order chi connectivity index (χ0) is 13.1. The Kier molecular flexibility index (Phi) is 4.65. The van der Waals surface area contributed by atoms with Crippen LogP contribution in [0.25, 0.3) is 0 Å². The monoisotopic (exact) mass is 270 g/mol. The molecule has 0 saturated carbocycles. The Labute approximate surface area is 111 Å². The first-order chi connectivity index (χ1) is 7.96. The summed E-state index contributed by atoms with van der Waals surface area (Å²) in [6.07, 6.45) is 1.41. The van der Waals surface area contributed by atoms with Crippen molar-refractivity contribution in [2.24, 2.45) is 5.73 Å². The van der Waals surface area contributed by atoms with Gasteiger partial charge < -0.3 is 11.1 Å². The molecule has 0 aliphatic carbocycles. The van der Waals surface area contributed by atoms with Gasteiger partial charge in [0.2, 0.25) is 0 Å².